The second-order valence-electron chi connectivity index (χ2n) is 6.32. The van der Waals surface area contributed by atoms with E-state index in [0.29, 0.717) is 0 Å². The minimum atomic E-state index is 0.0378. The zero-order chi connectivity index (χ0) is 14.7. The summed E-state index contributed by atoms with van der Waals surface area (Å²) in [6.07, 6.45) is 0. The zero-order valence-electron chi connectivity index (χ0n) is 12.4. The number of nitrogens with zero attached hydrogens (tertiary/aromatic N) is 2. The Morgan fingerprint density at radius 1 is 1.25 bits per heavy atom. The minimum Gasteiger partial charge on any atom is -0.334 e. The van der Waals surface area contributed by atoms with Crippen LogP contribution in [0.25, 0.3) is 21.1 Å². The minimum absolute atomic E-state index is 0.0378. The average molecular weight is 286 g/mol. The van der Waals surface area contributed by atoms with E-state index >= 15 is 0 Å². The Labute approximate surface area is 122 Å². The van der Waals surface area contributed by atoms with Crippen molar-refractivity contribution in [3.05, 3.63) is 39.7 Å². The summed E-state index contributed by atoms with van der Waals surface area (Å²) in [5.41, 5.74) is 3.12. The molecular formula is C16H18N2OS. The van der Waals surface area contributed by atoms with Crippen molar-refractivity contribution in [2.75, 3.05) is 0 Å². The Hall–Kier alpha value is -1.68. The topological polar surface area (TPSA) is 34.9 Å². The first-order chi connectivity index (χ1) is 9.30. The third-order valence-electron chi connectivity index (χ3n) is 3.84. The average Bonchev–Trinajstić information content (AvgIpc) is 2.77. The molecule has 4 heteroatoms. The number of pyridine rings is 1. The van der Waals surface area contributed by atoms with Crippen molar-refractivity contribution in [3.63, 3.8) is 0 Å². The van der Waals surface area contributed by atoms with E-state index in [4.69, 9.17) is 0 Å². The van der Waals surface area contributed by atoms with E-state index in [1.807, 2.05) is 26.1 Å². The molecule has 3 nitrogen and oxygen atoms in total. The predicted octanol–water partition coefficient (Wildman–Crippen LogP) is 3.75. The fraction of sp³-hybridized carbons (Fsp3) is 0.375. The second-order valence-corrected chi connectivity index (χ2v) is 7.07. The van der Waals surface area contributed by atoms with E-state index in [-0.39, 0.29) is 10.8 Å². The van der Waals surface area contributed by atoms with Crippen molar-refractivity contribution in [3.8, 4) is 0 Å². The van der Waals surface area contributed by atoms with Crippen LogP contribution in [0.3, 0.4) is 0 Å². The highest BCUT2D eigenvalue weighted by atomic mass is 32.1. The van der Waals surface area contributed by atoms with Gasteiger partial charge in [-0.3, -0.25) is 4.79 Å². The summed E-state index contributed by atoms with van der Waals surface area (Å²) < 4.78 is 6.41. The van der Waals surface area contributed by atoms with Crippen LogP contribution in [-0.4, -0.2) is 8.94 Å². The summed E-state index contributed by atoms with van der Waals surface area (Å²) in [4.78, 5) is 13.7. The van der Waals surface area contributed by atoms with Crippen LogP contribution >= 0.6 is 11.5 Å². The lowest BCUT2D eigenvalue weighted by Gasteiger charge is -2.20. The molecule has 0 fully saturated rings. The van der Waals surface area contributed by atoms with Crippen LogP contribution in [0.5, 0.6) is 0 Å². The van der Waals surface area contributed by atoms with E-state index in [1.54, 1.807) is 0 Å². The molecule has 0 amide bonds. The molecule has 0 bridgehead atoms. The first kappa shape index (κ1) is 13.3. The summed E-state index contributed by atoms with van der Waals surface area (Å²) in [5, 5.41) is 1.55. The maximum atomic E-state index is 12.8. The Balaban J connectivity index is 2.52. The standard InChI is InChI=1S/C16H18N2OS/c1-9-13-14(19)11-8-10(16(2,3)4)6-7-12(11)18(5)15(13)20-17-9/h6-8H,1-5H3. The summed E-state index contributed by atoms with van der Waals surface area (Å²) in [7, 11) is 2.00. The van der Waals surface area contributed by atoms with Gasteiger partial charge in [0.1, 0.15) is 4.83 Å². The van der Waals surface area contributed by atoms with Gasteiger partial charge in [0.05, 0.1) is 16.6 Å². The molecule has 0 spiro atoms. The molecule has 0 aliphatic carbocycles. The number of hydrogen-bond donors (Lipinski definition) is 0. The molecule has 0 aliphatic heterocycles. The molecule has 3 rings (SSSR count). The Kier molecular flexibility index (Phi) is 2.77. The zero-order valence-corrected chi connectivity index (χ0v) is 13.3. The Bertz CT molecular complexity index is 881. The van der Waals surface area contributed by atoms with Crippen molar-refractivity contribution in [2.24, 2.45) is 7.05 Å². The van der Waals surface area contributed by atoms with Gasteiger partial charge in [0.2, 0.25) is 0 Å². The molecule has 20 heavy (non-hydrogen) atoms. The predicted molar refractivity (Wildman–Crippen MR) is 85.8 cm³/mol. The summed E-state index contributed by atoms with van der Waals surface area (Å²) in [6, 6.07) is 6.20. The molecule has 0 N–H and O–H groups in total. The largest absolute Gasteiger partial charge is 0.334 e. The van der Waals surface area contributed by atoms with E-state index in [9.17, 15) is 4.79 Å². The number of aromatic nitrogens is 2. The highest BCUT2D eigenvalue weighted by Gasteiger charge is 2.18. The SMILES string of the molecule is Cc1nsc2c1c(=O)c1cc(C(C)(C)C)ccc1n2C. The summed E-state index contributed by atoms with van der Waals surface area (Å²) in [5.74, 6) is 0. The van der Waals surface area contributed by atoms with Crippen molar-refractivity contribution >= 4 is 32.7 Å². The van der Waals surface area contributed by atoms with Gasteiger partial charge in [0.15, 0.2) is 5.43 Å². The lowest BCUT2D eigenvalue weighted by Crippen LogP contribution is -2.14. The summed E-state index contributed by atoms with van der Waals surface area (Å²) >= 11 is 1.39. The molecule has 0 saturated heterocycles. The fourth-order valence-electron chi connectivity index (χ4n) is 2.57. The van der Waals surface area contributed by atoms with Crippen molar-refractivity contribution in [2.45, 2.75) is 33.1 Å². The monoisotopic (exact) mass is 286 g/mol. The van der Waals surface area contributed by atoms with Crippen LogP contribution in [-0.2, 0) is 12.5 Å². The van der Waals surface area contributed by atoms with Gasteiger partial charge in [-0.2, -0.15) is 4.37 Å². The van der Waals surface area contributed by atoms with Crippen molar-refractivity contribution in [1.29, 1.82) is 0 Å². The van der Waals surface area contributed by atoms with E-state index < -0.39 is 0 Å². The smallest absolute Gasteiger partial charge is 0.200 e. The van der Waals surface area contributed by atoms with Gasteiger partial charge in [-0.1, -0.05) is 26.8 Å². The normalized spacial score (nSPS) is 12.4. The van der Waals surface area contributed by atoms with Gasteiger partial charge in [-0.05, 0) is 41.6 Å². The van der Waals surface area contributed by atoms with Crippen molar-refractivity contribution in [1.82, 2.24) is 8.94 Å². The van der Waals surface area contributed by atoms with Crippen molar-refractivity contribution < 1.29 is 0 Å². The van der Waals surface area contributed by atoms with Crippen LogP contribution in [0.4, 0.5) is 0 Å². The first-order valence-corrected chi connectivity index (χ1v) is 7.47. The molecule has 2 aromatic heterocycles. The first-order valence-electron chi connectivity index (χ1n) is 6.70. The Morgan fingerprint density at radius 3 is 2.60 bits per heavy atom. The molecule has 104 valence electrons. The number of hydrogen-bond acceptors (Lipinski definition) is 3. The molecule has 0 aliphatic rings. The van der Waals surface area contributed by atoms with Gasteiger partial charge in [0.25, 0.3) is 0 Å². The molecule has 0 saturated carbocycles. The number of benzene rings is 1. The highest BCUT2D eigenvalue weighted by molar-refractivity contribution is 7.13. The molecule has 0 radical (unpaired) electrons. The lowest BCUT2D eigenvalue weighted by atomic mass is 9.86. The van der Waals surface area contributed by atoms with Gasteiger partial charge in [-0.25, -0.2) is 0 Å². The molecule has 1 aromatic carbocycles. The maximum Gasteiger partial charge on any atom is 0.200 e. The van der Waals surface area contributed by atoms with Crippen LogP contribution in [0.2, 0.25) is 0 Å². The second kappa shape index (κ2) is 4.16. The third-order valence-corrected chi connectivity index (χ3v) is 4.86. The quantitative estimate of drug-likeness (QED) is 0.631. The molecule has 0 atom stereocenters. The fourth-order valence-corrected chi connectivity index (χ4v) is 3.44. The van der Waals surface area contributed by atoms with E-state index in [2.05, 4.69) is 35.8 Å². The van der Waals surface area contributed by atoms with Crippen LogP contribution in [0, 0.1) is 6.92 Å². The molecular weight excluding hydrogens is 268 g/mol. The van der Waals surface area contributed by atoms with Gasteiger partial charge < -0.3 is 4.57 Å². The Morgan fingerprint density at radius 2 is 1.95 bits per heavy atom. The van der Waals surface area contributed by atoms with Crippen LogP contribution in [0.1, 0.15) is 32.0 Å². The number of fused-ring (bicyclic) bond motifs is 2. The highest BCUT2D eigenvalue weighted by Crippen LogP contribution is 2.28. The molecule has 2 heterocycles. The number of aryl methyl sites for hydroxylation is 2. The van der Waals surface area contributed by atoms with Gasteiger partial charge in [-0.15, -0.1) is 0 Å². The van der Waals surface area contributed by atoms with Crippen LogP contribution < -0.4 is 5.43 Å². The molecule has 3 aromatic rings. The maximum absolute atomic E-state index is 12.8. The van der Waals surface area contributed by atoms with Gasteiger partial charge >= 0.3 is 0 Å². The lowest BCUT2D eigenvalue weighted by molar-refractivity contribution is 0.591. The molecule has 0 unspecified atom stereocenters. The number of rotatable bonds is 0. The third kappa shape index (κ3) is 1.79. The van der Waals surface area contributed by atoms with Crippen LogP contribution in [0.15, 0.2) is 23.0 Å². The van der Waals surface area contributed by atoms with E-state index in [1.165, 1.54) is 17.1 Å². The summed E-state index contributed by atoms with van der Waals surface area (Å²) in [6.45, 7) is 8.39. The van der Waals surface area contributed by atoms with Gasteiger partial charge in [0, 0.05) is 12.4 Å². The van der Waals surface area contributed by atoms with E-state index in [0.717, 1.165) is 26.8 Å².